The van der Waals surface area contributed by atoms with Crippen molar-refractivity contribution in [1.82, 2.24) is 4.98 Å². The normalized spacial score (nSPS) is 10.5. The van der Waals surface area contributed by atoms with Crippen molar-refractivity contribution in [3.05, 3.63) is 28.6 Å². The maximum absolute atomic E-state index is 5.68. The molecule has 0 aliphatic heterocycles. The summed E-state index contributed by atoms with van der Waals surface area (Å²) < 4.78 is 0. The number of thiophene rings is 1. The molecule has 80 valence electrons. The van der Waals surface area contributed by atoms with Crippen molar-refractivity contribution in [2.24, 2.45) is 0 Å². The Bertz CT molecular complexity index is 408. The quantitative estimate of drug-likeness (QED) is 0.892. The number of hydrogen-bond acceptors (Lipinski definition) is 5. The minimum absolute atomic E-state index is 0.773. The lowest BCUT2D eigenvalue weighted by Gasteiger charge is -2.18. The Labute approximate surface area is 97.2 Å². The van der Waals surface area contributed by atoms with Crippen LogP contribution in [-0.4, -0.2) is 11.5 Å². The van der Waals surface area contributed by atoms with Gasteiger partial charge >= 0.3 is 0 Å². The Morgan fingerprint density at radius 3 is 2.93 bits per heavy atom. The van der Waals surface area contributed by atoms with E-state index in [-0.39, 0.29) is 0 Å². The van der Waals surface area contributed by atoms with Crippen LogP contribution in [0.1, 0.15) is 11.8 Å². The van der Waals surface area contributed by atoms with Crippen LogP contribution in [0.4, 0.5) is 10.1 Å². The highest BCUT2D eigenvalue weighted by atomic mass is 32.1. The van der Waals surface area contributed by atoms with Crippen molar-refractivity contribution in [3.63, 3.8) is 0 Å². The molecule has 0 saturated carbocycles. The van der Waals surface area contributed by atoms with Crippen LogP contribution < -0.4 is 10.6 Å². The first-order chi connectivity index (χ1) is 7.29. The molecule has 0 aromatic carbocycles. The summed E-state index contributed by atoms with van der Waals surface area (Å²) in [5.41, 5.74) is 5.68. The average Bonchev–Trinajstić information content (AvgIpc) is 2.85. The molecule has 2 rings (SSSR count). The summed E-state index contributed by atoms with van der Waals surface area (Å²) >= 11 is 3.31. The Kier molecular flexibility index (Phi) is 3.23. The highest BCUT2D eigenvalue weighted by Gasteiger charge is 2.09. The van der Waals surface area contributed by atoms with Gasteiger partial charge in [-0.15, -0.1) is 11.3 Å². The lowest BCUT2D eigenvalue weighted by molar-refractivity contribution is 0.837. The second-order valence-electron chi connectivity index (χ2n) is 3.14. The van der Waals surface area contributed by atoms with E-state index in [4.69, 9.17) is 5.73 Å². The first-order valence-corrected chi connectivity index (χ1v) is 6.48. The summed E-state index contributed by atoms with van der Waals surface area (Å²) in [6.07, 6.45) is 1.72. The van der Waals surface area contributed by atoms with Gasteiger partial charge in [0.25, 0.3) is 0 Å². The molecule has 2 N–H and O–H groups in total. The van der Waals surface area contributed by atoms with Crippen molar-refractivity contribution in [1.29, 1.82) is 0 Å². The van der Waals surface area contributed by atoms with E-state index in [0.29, 0.717) is 0 Å². The minimum Gasteiger partial charge on any atom is -0.389 e. The number of aromatic nitrogens is 1. The standard InChI is InChI=1S/C10H13N3S2/c1-2-13(7-8-4-3-5-14-8)10-12-6-9(11)15-10/h3-6H,2,7,11H2,1H3. The monoisotopic (exact) mass is 239 g/mol. The third-order valence-corrected chi connectivity index (χ3v) is 3.84. The minimum atomic E-state index is 0.773. The summed E-state index contributed by atoms with van der Waals surface area (Å²) in [4.78, 5) is 7.87. The summed E-state index contributed by atoms with van der Waals surface area (Å²) in [6, 6.07) is 4.22. The third kappa shape index (κ3) is 2.49. The van der Waals surface area contributed by atoms with Gasteiger partial charge in [-0.05, 0) is 18.4 Å². The second kappa shape index (κ2) is 4.63. The fourth-order valence-electron chi connectivity index (χ4n) is 1.33. The Morgan fingerprint density at radius 2 is 2.40 bits per heavy atom. The van der Waals surface area contributed by atoms with Gasteiger partial charge in [0.05, 0.1) is 12.7 Å². The van der Waals surface area contributed by atoms with Gasteiger partial charge in [0.2, 0.25) is 0 Å². The SMILES string of the molecule is CCN(Cc1cccs1)c1ncc(N)s1. The van der Waals surface area contributed by atoms with Gasteiger partial charge in [-0.2, -0.15) is 0 Å². The predicted molar refractivity (Wildman–Crippen MR) is 67.6 cm³/mol. The first-order valence-electron chi connectivity index (χ1n) is 4.78. The molecule has 0 amide bonds. The Balaban J connectivity index is 2.11. The third-order valence-electron chi connectivity index (χ3n) is 2.09. The molecule has 2 aromatic rings. The molecule has 0 spiro atoms. The summed E-state index contributed by atoms with van der Waals surface area (Å²) in [6.45, 7) is 4.00. The van der Waals surface area contributed by atoms with Gasteiger partial charge in [-0.25, -0.2) is 4.98 Å². The van der Waals surface area contributed by atoms with Crippen LogP contribution >= 0.6 is 22.7 Å². The molecule has 2 aromatic heterocycles. The van der Waals surface area contributed by atoms with Crippen molar-refractivity contribution < 1.29 is 0 Å². The zero-order valence-corrected chi connectivity index (χ0v) is 10.1. The fourth-order valence-corrected chi connectivity index (χ4v) is 2.79. The first kappa shape index (κ1) is 10.4. The second-order valence-corrected chi connectivity index (χ2v) is 5.21. The predicted octanol–water partition coefficient (Wildman–Crippen LogP) is 2.81. The van der Waals surface area contributed by atoms with Gasteiger partial charge in [0.15, 0.2) is 5.13 Å². The maximum Gasteiger partial charge on any atom is 0.187 e. The number of nitrogens with zero attached hydrogens (tertiary/aromatic N) is 2. The summed E-state index contributed by atoms with van der Waals surface area (Å²) in [7, 11) is 0. The molecule has 0 fully saturated rings. The molecule has 15 heavy (non-hydrogen) atoms. The van der Waals surface area contributed by atoms with Gasteiger partial charge in [-0.3, -0.25) is 0 Å². The van der Waals surface area contributed by atoms with E-state index in [9.17, 15) is 0 Å². The fraction of sp³-hybridized carbons (Fsp3) is 0.300. The summed E-state index contributed by atoms with van der Waals surface area (Å²) in [5.74, 6) is 0. The van der Waals surface area contributed by atoms with Gasteiger partial charge in [0.1, 0.15) is 5.00 Å². The summed E-state index contributed by atoms with van der Waals surface area (Å²) in [5, 5.41) is 3.87. The van der Waals surface area contributed by atoms with E-state index >= 15 is 0 Å². The molecule has 0 radical (unpaired) electrons. The van der Waals surface area contributed by atoms with E-state index in [1.165, 1.54) is 16.2 Å². The molecule has 0 saturated heterocycles. The number of hydrogen-bond donors (Lipinski definition) is 1. The smallest absolute Gasteiger partial charge is 0.187 e. The number of nitrogens with two attached hydrogens (primary N) is 1. The molecular weight excluding hydrogens is 226 g/mol. The van der Waals surface area contributed by atoms with Crippen LogP contribution in [0.2, 0.25) is 0 Å². The van der Waals surface area contributed by atoms with Gasteiger partial charge < -0.3 is 10.6 Å². The van der Waals surface area contributed by atoms with E-state index < -0.39 is 0 Å². The van der Waals surface area contributed by atoms with Crippen LogP contribution in [0.5, 0.6) is 0 Å². The van der Waals surface area contributed by atoms with Crippen molar-refractivity contribution in [2.45, 2.75) is 13.5 Å². The van der Waals surface area contributed by atoms with Crippen LogP contribution in [0.25, 0.3) is 0 Å². The lowest BCUT2D eigenvalue weighted by Crippen LogP contribution is -2.20. The molecule has 5 heteroatoms. The van der Waals surface area contributed by atoms with Crippen molar-refractivity contribution in [2.75, 3.05) is 17.2 Å². The lowest BCUT2D eigenvalue weighted by atomic mass is 10.4. The van der Waals surface area contributed by atoms with Crippen molar-refractivity contribution >= 4 is 32.8 Å². The van der Waals surface area contributed by atoms with Crippen LogP contribution in [0.15, 0.2) is 23.7 Å². The van der Waals surface area contributed by atoms with Crippen LogP contribution in [0, 0.1) is 0 Å². The number of anilines is 2. The molecule has 0 bridgehead atoms. The highest BCUT2D eigenvalue weighted by molar-refractivity contribution is 7.19. The average molecular weight is 239 g/mol. The Morgan fingerprint density at radius 1 is 1.53 bits per heavy atom. The van der Waals surface area contributed by atoms with Gasteiger partial charge in [0, 0.05) is 11.4 Å². The van der Waals surface area contributed by atoms with E-state index in [1.54, 1.807) is 17.5 Å². The maximum atomic E-state index is 5.68. The zero-order chi connectivity index (χ0) is 10.7. The number of thiazole rings is 1. The number of nitrogen functional groups attached to an aromatic ring is 1. The molecular formula is C10H13N3S2. The van der Waals surface area contributed by atoms with Crippen molar-refractivity contribution in [3.8, 4) is 0 Å². The molecule has 0 aliphatic carbocycles. The van der Waals surface area contributed by atoms with Crippen LogP contribution in [-0.2, 0) is 6.54 Å². The topological polar surface area (TPSA) is 42.2 Å². The van der Waals surface area contributed by atoms with Gasteiger partial charge in [-0.1, -0.05) is 17.4 Å². The van der Waals surface area contributed by atoms with Crippen LogP contribution in [0.3, 0.4) is 0 Å². The zero-order valence-electron chi connectivity index (χ0n) is 8.51. The van der Waals surface area contributed by atoms with E-state index in [1.807, 2.05) is 0 Å². The van der Waals surface area contributed by atoms with E-state index in [2.05, 4.69) is 34.3 Å². The Hall–Kier alpha value is -1.07. The highest BCUT2D eigenvalue weighted by Crippen LogP contribution is 2.26. The molecule has 0 unspecified atom stereocenters. The molecule has 0 atom stereocenters. The molecule has 2 heterocycles. The molecule has 0 aliphatic rings. The molecule has 3 nitrogen and oxygen atoms in total. The number of rotatable bonds is 4. The van der Waals surface area contributed by atoms with E-state index in [0.717, 1.165) is 23.2 Å². The largest absolute Gasteiger partial charge is 0.389 e.